The van der Waals surface area contributed by atoms with E-state index in [0.717, 1.165) is 31.7 Å². The predicted octanol–water partition coefficient (Wildman–Crippen LogP) is 0.599. The summed E-state index contributed by atoms with van der Waals surface area (Å²) < 4.78 is 0. The van der Waals surface area contributed by atoms with Gasteiger partial charge in [-0.15, -0.1) is 0 Å². The van der Waals surface area contributed by atoms with Crippen molar-refractivity contribution in [1.29, 1.82) is 0 Å². The fraction of sp³-hybridized carbons (Fsp3) is 0.500. The van der Waals surface area contributed by atoms with Gasteiger partial charge >= 0.3 is 0 Å². The minimum Gasteiger partial charge on any atom is -0.399 e. The Balaban J connectivity index is 1.97. The molecule has 3 nitrogen and oxygen atoms in total. The third-order valence-electron chi connectivity index (χ3n) is 3.88. The van der Waals surface area contributed by atoms with E-state index in [4.69, 9.17) is 5.73 Å². The molecular formula is C12H17N3. The lowest BCUT2D eigenvalue weighted by Gasteiger charge is -2.30. The fourth-order valence-electron chi connectivity index (χ4n) is 2.91. The lowest BCUT2D eigenvalue weighted by molar-refractivity contribution is 0.196. The van der Waals surface area contributed by atoms with Gasteiger partial charge in [-0.05, 0) is 43.1 Å². The van der Waals surface area contributed by atoms with Gasteiger partial charge < -0.3 is 11.1 Å². The number of likely N-dealkylation sites (N-methyl/N-ethyl adjacent to an activating group) is 1. The van der Waals surface area contributed by atoms with E-state index >= 15 is 0 Å². The number of fused-ring (bicyclic) bond motifs is 1. The van der Waals surface area contributed by atoms with Crippen molar-refractivity contribution < 1.29 is 0 Å². The summed E-state index contributed by atoms with van der Waals surface area (Å²) in [5, 5.41) is 3.45. The Hall–Kier alpha value is -1.06. The molecule has 0 amide bonds. The van der Waals surface area contributed by atoms with Crippen LogP contribution < -0.4 is 11.1 Å². The molecule has 0 unspecified atom stereocenters. The van der Waals surface area contributed by atoms with Crippen LogP contribution in [0.2, 0.25) is 0 Å². The highest BCUT2D eigenvalue weighted by Gasteiger charge is 2.43. The van der Waals surface area contributed by atoms with Gasteiger partial charge in [-0.3, -0.25) is 4.90 Å². The number of nitrogens with zero attached hydrogens (tertiary/aromatic N) is 1. The molecule has 0 bridgehead atoms. The number of nitrogen functional groups attached to an aromatic ring is 1. The second kappa shape index (κ2) is 2.97. The standard InChI is InChI=1S/C12H17N3/c1-15-8-14-7-12(15)5-9-2-3-11(13)4-10(9)6-12/h2-4,14H,5-8,13H2,1H3/t12-/m1/s1. The van der Waals surface area contributed by atoms with Crippen molar-refractivity contribution in [3.63, 3.8) is 0 Å². The molecule has 3 rings (SSSR count). The van der Waals surface area contributed by atoms with Crippen LogP contribution in [0.4, 0.5) is 5.69 Å². The lowest BCUT2D eigenvalue weighted by atomic mass is 9.96. The van der Waals surface area contributed by atoms with Crippen LogP contribution in [0.1, 0.15) is 11.1 Å². The van der Waals surface area contributed by atoms with E-state index in [0.29, 0.717) is 5.54 Å². The van der Waals surface area contributed by atoms with Crippen molar-refractivity contribution in [3.8, 4) is 0 Å². The number of anilines is 1. The molecule has 1 aromatic rings. The molecule has 3 heteroatoms. The number of benzene rings is 1. The molecule has 1 atom stereocenters. The maximum atomic E-state index is 5.82. The Morgan fingerprint density at radius 1 is 1.33 bits per heavy atom. The van der Waals surface area contributed by atoms with Crippen LogP contribution in [0.15, 0.2) is 18.2 Å². The van der Waals surface area contributed by atoms with Crippen molar-refractivity contribution in [2.75, 3.05) is 26.0 Å². The number of rotatable bonds is 0. The van der Waals surface area contributed by atoms with Crippen molar-refractivity contribution in [2.45, 2.75) is 18.4 Å². The molecule has 1 aliphatic carbocycles. The maximum absolute atomic E-state index is 5.82. The summed E-state index contributed by atoms with van der Waals surface area (Å²) in [6.45, 7) is 2.10. The first-order valence-corrected chi connectivity index (χ1v) is 5.49. The minimum absolute atomic E-state index is 0.316. The van der Waals surface area contributed by atoms with Gasteiger partial charge in [-0.2, -0.15) is 0 Å². The van der Waals surface area contributed by atoms with Crippen molar-refractivity contribution in [1.82, 2.24) is 10.2 Å². The molecule has 0 radical (unpaired) electrons. The Morgan fingerprint density at radius 3 is 2.87 bits per heavy atom. The van der Waals surface area contributed by atoms with Crippen molar-refractivity contribution in [3.05, 3.63) is 29.3 Å². The molecule has 1 fully saturated rings. The Kier molecular flexibility index (Phi) is 1.82. The summed E-state index contributed by atoms with van der Waals surface area (Å²) in [5.41, 5.74) is 9.93. The molecule has 1 aromatic carbocycles. The zero-order chi connectivity index (χ0) is 10.5. The van der Waals surface area contributed by atoms with Crippen LogP contribution in [0.3, 0.4) is 0 Å². The first kappa shape index (κ1) is 9.19. The molecule has 1 heterocycles. The van der Waals surface area contributed by atoms with Crippen molar-refractivity contribution in [2.24, 2.45) is 0 Å². The lowest BCUT2D eigenvalue weighted by Crippen LogP contribution is -2.44. The van der Waals surface area contributed by atoms with Crippen LogP contribution in [0.25, 0.3) is 0 Å². The predicted molar refractivity (Wildman–Crippen MR) is 61.6 cm³/mol. The van der Waals surface area contributed by atoms with Gasteiger partial charge in [0, 0.05) is 24.4 Å². The zero-order valence-electron chi connectivity index (χ0n) is 9.09. The highest BCUT2D eigenvalue weighted by molar-refractivity contribution is 5.48. The third kappa shape index (κ3) is 1.27. The summed E-state index contributed by atoms with van der Waals surface area (Å²) >= 11 is 0. The molecule has 0 aromatic heterocycles. The molecule has 1 spiro atoms. The van der Waals surface area contributed by atoms with Crippen LogP contribution in [0.5, 0.6) is 0 Å². The Bertz CT molecular complexity index is 402. The van der Waals surface area contributed by atoms with E-state index < -0.39 is 0 Å². The van der Waals surface area contributed by atoms with Crippen LogP contribution in [-0.4, -0.2) is 30.7 Å². The monoisotopic (exact) mass is 203 g/mol. The first-order chi connectivity index (χ1) is 7.20. The number of hydrogen-bond donors (Lipinski definition) is 2. The average molecular weight is 203 g/mol. The van der Waals surface area contributed by atoms with Crippen LogP contribution in [0, 0.1) is 0 Å². The normalized spacial score (nSPS) is 29.9. The third-order valence-corrected chi connectivity index (χ3v) is 3.88. The van der Waals surface area contributed by atoms with Gasteiger partial charge in [0.15, 0.2) is 0 Å². The van der Waals surface area contributed by atoms with E-state index in [-0.39, 0.29) is 0 Å². The van der Waals surface area contributed by atoms with Gasteiger partial charge in [0.1, 0.15) is 0 Å². The molecular weight excluding hydrogens is 186 g/mol. The summed E-state index contributed by atoms with van der Waals surface area (Å²) in [6.07, 6.45) is 2.29. The van der Waals surface area contributed by atoms with Gasteiger partial charge in [0.05, 0.1) is 0 Å². The van der Waals surface area contributed by atoms with E-state index in [1.54, 1.807) is 0 Å². The summed E-state index contributed by atoms with van der Waals surface area (Å²) in [4.78, 5) is 2.43. The molecule has 1 aliphatic heterocycles. The number of nitrogens with one attached hydrogen (secondary N) is 1. The van der Waals surface area contributed by atoms with Crippen molar-refractivity contribution >= 4 is 5.69 Å². The largest absolute Gasteiger partial charge is 0.399 e. The molecule has 1 saturated heterocycles. The second-order valence-corrected chi connectivity index (χ2v) is 4.89. The summed E-state index contributed by atoms with van der Waals surface area (Å²) in [7, 11) is 2.20. The second-order valence-electron chi connectivity index (χ2n) is 4.89. The Labute approximate surface area is 90.3 Å². The summed E-state index contributed by atoms with van der Waals surface area (Å²) in [5.74, 6) is 0. The van der Waals surface area contributed by atoms with E-state index in [2.05, 4.69) is 29.4 Å². The highest BCUT2D eigenvalue weighted by atomic mass is 15.3. The molecule has 0 saturated carbocycles. The number of hydrogen-bond acceptors (Lipinski definition) is 3. The van der Waals surface area contributed by atoms with Gasteiger partial charge in [-0.25, -0.2) is 0 Å². The quantitative estimate of drug-likeness (QED) is 0.607. The van der Waals surface area contributed by atoms with E-state index in [1.165, 1.54) is 11.1 Å². The van der Waals surface area contributed by atoms with Gasteiger partial charge in [0.25, 0.3) is 0 Å². The SMILES string of the molecule is CN1CNC[C@]12Cc1ccc(N)cc1C2. The zero-order valence-corrected chi connectivity index (χ0v) is 9.09. The van der Waals surface area contributed by atoms with Gasteiger partial charge in [-0.1, -0.05) is 6.07 Å². The van der Waals surface area contributed by atoms with E-state index in [9.17, 15) is 0 Å². The Morgan fingerprint density at radius 2 is 2.13 bits per heavy atom. The van der Waals surface area contributed by atoms with Crippen LogP contribution in [-0.2, 0) is 12.8 Å². The molecule has 3 N–H and O–H groups in total. The fourth-order valence-corrected chi connectivity index (χ4v) is 2.91. The smallest absolute Gasteiger partial charge is 0.0484 e. The number of nitrogens with two attached hydrogens (primary N) is 1. The molecule has 80 valence electrons. The summed E-state index contributed by atoms with van der Waals surface area (Å²) in [6, 6.07) is 6.34. The van der Waals surface area contributed by atoms with E-state index in [1.807, 2.05) is 6.07 Å². The highest BCUT2D eigenvalue weighted by Crippen LogP contribution is 2.36. The molecule has 15 heavy (non-hydrogen) atoms. The average Bonchev–Trinajstić information content (AvgIpc) is 2.71. The van der Waals surface area contributed by atoms with Crippen LogP contribution >= 0.6 is 0 Å². The maximum Gasteiger partial charge on any atom is 0.0484 e. The first-order valence-electron chi connectivity index (χ1n) is 5.49. The topological polar surface area (TPSA) is 41.3 Å². The minimum atomic E-state index is 0.316. The van der Waals surface area contributed by atoms with Gasteiger partial charge in [0.2, 0.25) is 0 Å². The molecule has 2 aliphatic rings.